The monoisotopic (exact) mass is 241 g/mol. The Labute approximate surface area is 97.7 Å². The van der Waals surface area contributed by atoms with E-state index in [0.717, 1.165) is 4.88 Å². The van der Waals surface area contributed by atoms with Crippen LogP contribution in [0.1, 0.15) is 32.6 Å². The lowest BCUT2D eigenvalue weighted by Crippen LogP contribution is -2.23. The van der Waals surface area contributed by atoms with Crippen molar-refractivity contribution in [1.29, 1.82) is 0 Å². The molecule has 0 saturated carbocycles. The van der Waals surface area contributed by atoms with Crippen molar-refractivity contribution in [3.8, 4) is 0 Å². The van der Waals surface area contributed by atoms with Gasteiger partial charge in [0.25, 0.3) is 9.04 Å². The number of thiophene rings is 1. The Morgan fingerprint density at radius 1 is 1.33 bits per heavy atom. The van der Waals surface area contributed by atoms with Gasteiger partial charge in [0.2, 0.25) is 0 Å². The van der Waals surface area contributed by atoms with Gasteiger partial charge in [-0.2, -0.15) is 0 Å². The largest absolute Gasteiger partial charge is 0.458 e. The molecule has 0 bridgehead atoms. The first kappa shape index (κ1) is 12.5. The Balaban J connectivity index is 2.47. The molecule has 0 fully saturated rings. The topological polar surface area (TPSA) is 21.6 Å². The molecule has 15 heavy (non-hydrogen) atoms. The van der Waals surface area contributed by atoms with Crippen LogP contribution >= 0.6 is 11.3 Å². The van der Waals surface area contributed by atoms with E-state index in [-0.39, 0.29) is 0 Å². The van der Waals surface area contributed by atoms with Crippen molar-refractivity contribution in [1.82, 2.24) is 0 Å². The first-order chi connectivity index (χ1) is 7.11. The van der Waals surface area contributed by atoms with Crippen LogP contribution in [-0.2, 0) is 4.53 Å². The molecule has 0 aromatic carbocycles. The fourth-order valence-electron chi connectivity index (χ4n) is 1.53. The number of hydrogen-bond donors (Lipinski definition) is 0. The Hall–Kier alpha value is -0.613. The maximum absolute atomic E-state index is 5.65. The molecule has 1 aromatic rings. The molecule has 0 aliphatic carbocycles. The molecule has 1 aromatic heterocycles. The average Bonchev–Trinajstić information content (AvgIpc) is 2.63. The highest BCUT2D eigenvalue weighted by atomic mass is 32.1. The minimum absolute atomic E-state index is 0.630. The molecule has 0 aliphatic rings. The third kappa shape index (κ3) is 4.18. The molecule has 0 spiro atoms. The van der Waals surface area contributed by atoms with Crippen molar-refractivity contribution in [2.24, 2.45) is 5.16 Å². The summed E-state index contributed by atoms with van der Waals surface area (Å²) in [5, 5.41) is 6.15. The molecule has 1 rings (SSSR count). The molecule has 2 nitrogen and oxygen atoms in total. The van der Waals surface area contributed by atoms with E-state index in [2.05, 4.69) is 32.9 Å². The quantitative estimate of drug-likeness (QED) is 0.438. The predicted octanol–water partition coefficient (Wildman–Crippen LogP) is 3.64. The van der Waals surface area contributed by atoms with E-state index < -0.39 is 9.04 Å². The predicted molar refractivity (Wildman–Crippen MR) is 70.3 cm³/mol. The minimum atomic E-state index is -1.20. The third-order valence-corrected chi connectivity index (χ3v) is 6.02. The van der Waals surface area contributed by atoms with Gasteiger partial charge in [0, 0.05) is 4.88 Å². The van der Waals surface area contributed by atoms with Gasteiger partial charge in [0.05, 0.1) is 6.21 Å². The standard InChI is InChI=1S/C11H19NOSSi/c1-9(2)15(10(3)4)13-12-8-11-6-5-7-14-11/h5-10,15H,1-4H3. The Bertz CT molecular complexity index is 288. The highest BCUT2D eigenvalue weighted by Crippen LogP contribution is 2.21. The lowest BCUT2D eigenvalue weighted by atomic mass is 10.5. The molecule has 0 amide bonds. The molecule has 0 atom stereocenters. The van der Waals surface area contributed by atoms with Crippen molar-refractivity contribution in [2.45, 2.75) is 38.8 Å². The van der Waals surface area contributed by atoms with Gasteiger partial charge in [-0.3, -0.25) is 0 Å². The second-order valence-electron chi connectivity index (χ2n) is 4.31. The zero-order chi connectivity index (χ0) is 11.3. The second-order valence-corrected chi connectivity index (χ2v) is 9.09. The third-order valence-electron chi connectivity index (χ3n) is 2.22. The maximum atomic E-state index is 5.65. The second kappa shape index (κ2) is 6.08. The molecule has 0 radical (unpaired) electrons. The van der Waals surface area contributed by atoms with Crippen molar-refractivity contribution < 1.29 is 4.53 Å². The van der Waals surface area contributed by atoms with Gasteiger partial charge in [-0.1, -0.05) is 33.8 Å². The molecule has 4 heteroatoms. The summed E-state index contributed by atoms with van der Waals surface area (Å²) in [6, 6.07) is 4.06. The van der Waals surface area contributed by atoms with Gasteiger partial charge < -0.3 is 4.53 Å². The van der Waals surface area contributed by atoms with Crippen molar-refractivity contribution in [2.75, 3.05) is 0 Å². The van der Waals surface area contributed by atoms with Crippen LogP contribution in [0, 0.1) is 0 Å². The van der Waals surface area contributed by atoms with Crippen LogP contribution in [0.5, 0.6) is 0 Å². The van der Waals surface area contributed by atoms with Gasteiger partial charge in [0.1, 0.15) is 0 Å². The van der Waals surface area contributed by atoms with Crippen LogP contribution in [0.3, 0.4) is 0 Å². The molecule has 0 saturated heterocycles. The summed E-state index contributed by atoms with van der Waals surface area (Å²) >= 11 is 1.68. The van der Waals surface area contributed by atoms with Crippen LogP contribution in [0.25, 0.3) is 0 Å². The fourth-order valence-corrected chi connectivity index (χ4v) is 4.33. The van der Waals surface area contributed by atoms with Crippen molar-refractivity contribution in [3.63, 3.8) is 0 Å². The first-order valence-corrected chi connectivity index (χ1v) is 8.02. The molecule has 0 unspecified atom stereocenters. The highest BCUT2D eigenvalue weighted by Gasteiger charge is 2.22. The normalized spacial score (nSPS) is 12.2. The first-order valence-electron chi connectivity index (χ1n) is 5.34. The van der Waals surface area contributed by atoms with E-state index in [1.54, 1.807) is 11.3 Å². The van der Waals surface area contributed by atoms with E-state index in [4.69, 9.17) is 4.53 Å². The number of rotatable bonds is 5. The lowest BCUT2D eigenvalue weighted by Gasteiger charge is -2.19. The molecular weight excluding hydrogens is 222 g/mol. The van der Waals surface area contributed by atoms with Crippen LogP contribution < -0.4 is 0 Å². The number of nitrogens with zero attached hydrogens (tertiary/aromatic N) is 1. The number of oxime groups is 1. The Morgan fingerprint density at radius 3 is 2.47 bits per heavy atom. The molecule has 0 N–H and O–H groups in total. The zero-order valence-corrected chi connectivity index (χ0v) is 11.8. The van der Waals surface area contributed by atoms with Crippen LogP contribution in [-0.4, -0.2) is 15.3 Å². The van der Waals surface area contributed by atoms with E-state index in [1.807, 2.05) is 23.7 Å². The van der Waals surface area contributed by atoms with Gasteiger partial charge >= 0.3 is 0 Å². The summed E-state index contributed by atoms with van der Waals surface area (Å²) in [6.07, 6.45) is 1.81. The zero-order valence-electron chi connectivity index (χ0n) is 9.81. The summed E-state index contributed by atoms with van der Waals surface area (Å²) in [7, 11) is -1.20. The molecule has 0 aliphatic heterocycles. The highest BCUT2D eigenvalue weighted by molar-refractivity contribution is 7.11. The van der Waals surface area contributed by atoms with Gasteiger partial charge in [-0.25, -0.2) is 0 Å². The Kier molecular flexibility index (Phi) is 5.05. The fraction of sp³-hybridized carbons (Fsp3) is 0.545. The number of hydrogen-bond acceptors (Lipinski definition) is 3. The average molecular weight is 241 g/mol. The summed E-state index contributed by atoms with van der Waals surface area (Å²) in [6.45, 7) is 8.88. The lowest BCUT2D eigenvalue weighted by molar-refractivity contribution is 0.332. The van der Waals surface area contributed by atoms with Crippen LogP contribution in [0.4, 0.5) is 0 Å². The van der Waals surface area contributed by atoms with Crippen molar-refractivity contribution >= 4 is 26.6 Å². The smallest absolute Gasteiger partial charge is 0.277 e. The van der Waals surface area contributed by atoms with E-state index in [0.29, 0.717) is 11.1 Å². The minimum Gasteiger partial charge on any atom is -0.458 e. The molecular formula is C11H19NOSSi. The van der Waals surface area contributed by atoms with Gasteiger partial charge in [-0.05, 0) is 22.5 Å². The van der Waals surface area contributed by atoms with Gasteiger partial charge in [-0.15, -0.1) is 16.5 Å². The summed E-state index contributed by atoms with van der Waals surface area (Å²) in [5.74, 6) is 0. The van der Waals surface area contributed by atoms with E-state index in [9.17, 15) is 0 Å². The van der Waals surface area contributed by atoms with Gasteiger partial charge in [0.15, 0.2) is 0 Å². The summed E-state index contributed by atoms with van der Waals surface area (Å²) in [5.41, 5.74) is 1.26. The molecule has 1 heterocycles. The SMILES string of the molecule is CC(C)[SiH](ON=Cc1cccs1)C(C)C. The van der Waals surface area contributed by atoms with E-state index in [1.165, 1.54) is 0 Å². The van der Waals surface area contributed by atoms with Crippen LogP contribution in [0.15, 0.2) is 22.7 Å². The van der Waals surface area contributed by atoms with E-state index >= 15 is 0 Å². The Morgan fingerprint density at radius 2 is 2.00 bits per heavy atom. The van der Waals surface area contributed by atoms with Crippen LogP contribution in [0.2, 0.25) is 11.1 Å². The molecule has 84 valence electrons. The summed E-state index contributed by atoms with van der Waals surface area (Å²) < 4.78 is 5.65. The maximum Gasteiger partial charge on any atom is 0.277 e. The summed E-state index contributed by atoms with van der Waals surface area (Å²) in [4.78, 5) is 1.15. The van der Waals surface area contributed by atoms with Crippen molar-refractivity contribution in [3.05, 3.63) is 22.4 Å².